The summed E-state index contributed by atoms with van der Waals surface area (Å²) < 4.78 is 5.73. The Morgan fingerprint density at radius 1 is 1.20 bits per heavy atom. The van der Waals surface area contributed by atoms with Gasteiger partial charge in [-0.15, -0.1) is 24.0 Å². The minimum absolute atomic E-state index is 0. The van der Waals surface area contributed by atoms with Gasteiger partial charge in [0.1, 0.15) is 12.3 Å². The zero-order valence-corrected chi connectivity index (χ0v) is 18.6. The number of aliphatic imine (C=N–C) groups is 1. The van der Waals surface area contributed by atoms with Crippen molar-refractivity contribution in [2.75, 3.05) is 13.1 Å². The van der Waals surface area contributed by atoms with Gasteiger partial charge in [0.25, 0.3) is 0 Å². The van der Waals surface area contributed by atoms with Crippen LogP contribution in [0.25, 0.3) is 0 Å². The lowest BCUT2D eigenvalue weighted by atomic mass is 9.94. The molecule has 0 atom stereocenters. The molecule has 1 amide bonds. The average molecular weight is 465 g/mol. The van der Waals surface area contributed by atoms with Gasteiger partial charge in [-0.25, -0.2) is 9.98 Å². The Kier molecular flexibility index (Phi) is 9.45. The molecule has 7 nitrogen and oxygen atoms in total. The van der Waals surface area contributed by atoms with E-state index < -0.39 is 0 Å². The molecule has 1 aromatic heterocycles. The van der Waals surface area contributed by atoms with Gasteiger partial charge in [0.2, 0.25) is 11.8 Å². The van der Waals surface area contributed by atoms with Gasteiger partial charge < -0.3 is 20.4 Å². The van der Waals surface area contributed by atoms with Crippen LogP contribution in [-0.4, -0.2) is 35.5 Å². The third-order valence-corrected chi connectivity index (χ3v) is 2.94. The van der Waals surface area contributed by atoms with Gasteiger partial charge >= 0.3 is 0 Å². The summed E-state index contributed by atoms with van der Waals surface area (Å²) in [5.41, 5.74) is -0.339. The third-order valence-electron chi connectivity index (χ3n) is 2.94. The Morgan fingerprint density at radius 3 is 2.32 bits per heavy atom. The molecule has 0 unspecified atom stereocenters. The summed E-state index contributed by atoms with van der Waals surface area (Å²) in [6.45, 7) is 15.2. The highest BCUT2D eigenvalue weighted by Crippen LogP contribution is 2.22. The standard InChI is InChI=1S/C17H31N5O2.HI/c1-8-18-15(20-10-13(23)22-17(5,6)7)21-11-14-19-9-12(24-14)16(2,3)4;/h9H,8,10-11H2,1-7H3,(H,22,23)(H2,18,20,21);1H. The van der Waals surface area contributed by atoms with Gasteiger partial charge in [-0.1, -0.05) is 20.8 Å². The Morgan fingerprint density at radius 2 is 1.84 bits per heavy atom. The van der Waals surface area contributed by atoms with Crippen molar-refractivity contribution in [2.45, 2.75) is 66.0 Å². The van der Waals surface area contributed by atoms with Crippen LogP contribution in [0, 0.1) is 0 Å². The normalized spacial score (nSPS) is 12.4. The number of hydrogen-bond acceptors (Lipinski definition) is 4. The predicted molar refractivity (Wildman–Crippen MR) is 111 cm³/mol. The van der Waals surface area contributed by atoms with Crippen molar-refractivity contribution in [1.29, 1.82) is 0 Å². The molecule has 3 N–H and O–H groups in total. The predicted octanol–water partition coefficient (Wildman–Crippen LogP) is 2.56. The lowest BCUT2D eigenvalue weighted by Gasteiger charge is -2.20. The second-order valence-corrected chi connectivity index (χ2v) is 7.72. The number of nitrogens with one attached hydrogen (secondary N) is 3. The molecule has 25 heavy (non-hydrogen) atoms. The molecule has 0 bridgehead atoms. The number of halogens is 1. The van der Waals surface area contributed by atoms with Crippen LogP contribution in [0.3, 0.4) is 0 Å². The fraction of sp³-hybridized carbons (Fsp3) is 0.706. The number of carbonyl (C=O) groups excluding carboxylic acids is 1. The SMILES string of the molecule is CCNC(=NCC(=O)NC(C)(C)C)NCc1ncc(C(C)(C)C)o1.I. The number of guanidine groups is 1. The van der Waals surface area contributed by atoms with Crippen LogP contribution < -0.4 is 16.0 Å². The lowest BCUT2D eigenvalue weighted by molar-refractivity contribution is -0.121. The Labute approximate surface area is 167 Å². The maximum Gasteiger partial charge on any atom is 0.242 e. The number of carbonyl (C=O) groups is 1. The van der Waals surface area contributed by atoms with Crippen molar-refractivity contribution in [3.05, 3.63) is 17.8 Å². The quantitative estimate of drug-likeness (QED) is 0.353. The summed E-state index contributed by atoms with van der Waals surface area (Å²) in [5, 5.41) is 9.10. The Bertz CT molecular complexity index is 570. The number of oxazole rings is 1. The summed E-state index contributed by atoms with van der Waals surface area (Å²) in [6, 6.07) is 0. The van der Waals surface area contributed by atoms with Gasteiger partial charge in [0.15, 0.2) is 5.96 Å². The smallest absolute Gasteiger partial charge is 0.242 e. The average Bonchev–Trinajstić information content (AvgIpc) is 2.89. The van der Waals surface area contributed by atoms with Gasteiger partial charge in [0, 0.05) is 17.5 Å². The van der Waals surface area contributed by atoms with E-state index in [1.54, 1.807) is 6.20 Å². The van der Waals surface area contributed by atoms with E-state index in [9.17, 15) is 4.79 Å². The fourth-order valence-electron chi connectivity index (χ4n) is 1.85. The van der Waals surface area contributed by atoms with E-state index in [1.807, 2.05) is 27.7 Å². The van der Waals surface area contributed by atoms with E-state index >= 15 is 0 Å². The van der Waals surface area contributed by atoms with Crippen LogP contribution in [0.15, 0.2) is 15.6 Å². The summed E-state index contributed by atoms with van der Waals surface area (Å²) in [4.78, 5) is 20.4. The highest BCUT2D eigenvalue weighted by molar-refractivity contribution is 14.0. The maximum absolute atomic E-state index is 11.9. The van der Waals surface area contributed by atoms with E-state index in [1.165, 1.54) is 0 Å². The summed E-state index contributed by atoms with van der Waals surface area (Å²) in [6.07, 6.45) is 1.75. The van der Waals surface area contributed by atoms with E-state index in [0.29, 0.717) is 24.9 Å². The van der Waals surface area contributed by atoms with E-state index in [0.717, 1.165) is 5.76 Å². The zero-order chi connectivity index (χ0) is 18.4. The third kappa shape index (κ3) is 9.66. The van der Waals surface area contributed by atoms with Gasteiger partial charge in [-0.05, 0) is 27.7 Å². The van der Waals surface area contributed by atoms with Crippen LogP contribution in [0.2, 0.25) is 0 Å². The first-order valence-electron chi connectivity index (χ1n) is 8.29. The Hall–Kier alpha value is -1.32. The molecule has 0 saturated heterocycles. The molecule has 8 heteroatoms. The molecule has 1 heterocycles. The van der Waals surface area contributed by atoms with Crippen molar-refractivity contribution >= 4 is 35.8 Å². The first-order valence-corrected chi connectivity index (χ1v) is 8.29. The van der Waals surface area contributed by atoms with Crippen molar-refractivity contribution in [1.82, 2.24) is 20.9 Å². The Balaban J connectivity index is 0.00000576. The van der Waals surface area contributed by atoms with Crippen molar-refractivity contribution < 1.29 is 9.21 Å². The van der Waals surface area contributed by atoms with E-state index in [2.05, 4.69) is 46.7 Å². The monoisotopic (exact) mass is 465 g/mol. The molecule has 0 spiro atoms. The second kappa shape index (κ2) is 9.98. The van der Waals surface area contributed by atoms with Crippen LogP contribution in [0.1, 0.15) is 60.1 Å². The van der Waals surface area contributed by atoms with Gasteiger partial charge in [-0.3, -0.25) is 4.79 Å². The summed E-state index contributed by atoms with van der Waals surface area (Å²) in [5.74, 6) is 1.86. The van der Waals surface area contributed by atoms with Crippen molar-refractivity contribution in [3.8, 4) is 0 Å². The largest absolute Gasteiger partial charge is 0.443 e. The van der Waals surface area contributed by atoms with Crippen LogP contribution in [-0.2, 0) is 16.8 Å². The molecule has 0 aromatic carbocycles. The van der Waals surface area contributed by atoms with Crippen LogP contribution in [0.5, 0.6) is 0 Å². The molecule has 0 aliphatic rings. The topological polar surface area (TPSA) is 91.5 Å². The molecule has 1 rings (SSSR count). The number of hydrogen-bond donors (Lipinski definition) is 3. The first-order chi connectivity index (χ1) is 11.0. The number of rotatable bonds is 5. The second-order valence-electron chi connectivity index (χ2n) is 7.72. The summed E-state index contributed by atoms with van der Waals surface area (Å²) >= 11 is 0. The molecule has 0 saturated carbocycles. The minimum Gasteiger partial charge on any atom is -0.443 e. The fourth-order valence-corrected chi connectivity index (χ4v) is 1.85. The van der Waals surface area contributed by atoms with Crippen molar-refractivity contribution in [2.24, 2.45) is 4.99 Å². The number of amides is 1. The van der Waals surface area contributed by atoms with Gasteiger partial charge in [0.05, 0.1) is 12.7 Å². The molecule has 1 aromatic rings. The van der Waals surface area contributed by atoms with Crippen LogP contribution >= 0.6 is 24.0 Å². The molecule has 0 fully saturated rings. The van der Waals surface area contributed by atoms with Crippen molar-refractivity contribution in [3.63, 3.8) is 0 Å². The highest BCUT2D eigenvalue weighted by atomic mass is 127. The van der Waals surface area contributed by atoms with Gasteiger partial charge in [-0.2, -0.15) is 0 Å². The number of nitrogens with zero attached hydrogens (tertiary/aromatic N) is 2. The maximum atomic E-state index is 11.9. The van der Waals surface area contributed by atoms with E-state index in [4.69, 9.17) is 4.42 Å². The zero-order valence-electron chi connectivity index (χ0n) is 16.3. The molecular weight excluding hydrogens is 433 g/mol. The van der Waals surface area contributed by atoms with Crippen LogP contribution in [0.4, 0.5) is 0 Å². The molecule has 0 aliphatic heterocycles. The molecule has 144 valence electrons. The van der Waals surface area contributed by atoms with E-state index in [-0.39, 0.29) is 47.4 Å². The minimum atomic E-state index is -0.264. The summed E-state index contributed by atoms with van der Waals surface area (Å²) in [7, 11) is 0. The number of aromatic nitrogens is 1. The first kappa shape index (κ1) is 23.7. The molecule has 0 radical (unpaired) electrons. The molecular formula is C17H32IN5O2. The lowest BCUT2D eigenvalue weighted by Crippen LogP contribution is -2.43. The highest BCUT2D eigenvalue weighted by Gasteiger charge is 2.19. The molecule has 0 aliphatic carbocycles.